The summed E-state index contributed by atoms with van der Waals surface area (Å²) in [5.41, 5.74) is -0.221. The second kappa shape index (κ2) is 8.44. The zero-order chi connectivity index (χ0) is 17.6. The maximum absolute atomic E-state index is 10.6. The summed E-state index contributed by atoms with van der Waals surface area (Å²) in [6, 6.07) is 3.39. The molecule has 0 amide bonds. The van der Waals surface area contributed by atoms with Crippen LogP contribution in [-0.4, -0.2) is 37.6 Å². The lowest BCUT2D eigenvalue weighted by atomic mass is 9.83. The Labute approximate surface area is 147 Å². The van der Waals surface area contributed by atoms with Gasteiger partial charge in [0, 0.05) is 12.3 Å². The number of aromatic nitrogens is 4. The number of halogens is 1. The molecule has 0 aromatic carbocycles. The van der Waals surface area contributed by atoms with E-state index in [2.05, 4.69) is 15.1 Å². The highest BCUT2D eigenvalue weighted by atomic mass is 35.5. The molecule has 132 valence electrons. The normalized spacial score (nSPS) is 14.4. The van der Waals surface area contributed by atoms with Crippen LogP contribution in [0.3, 0.4) is 0 Å². The molecule has 2 aromatic heterocycles. The molecule has 0 aliphatic carbocycles. The van der Waals surface area contributed by atoms with Gasteiger partial charge in [-0.05, 0) is 30.7 Å². The van der Waals surface area contributed by atoms with Gasteiger partial charge in [-0.3, -0.25) is 0 Å². The van der Waals surface area contributed by atoms with Crippen molar-refractivity contribution in [2.45, 2.75) is 52.2 Å². The molecule has 0 aliphatic rings. The van der Waals surface area contributed by atoms with Crippen LogP contribution in [0.4, 0.5) is 0 Å². The van der Waals surface area contributed by atoms with Crippen molar-refractivity contribution in [2.24, 2.45) is 5.41 Å². The molecule has 2 atom stereocenters. The molecule has 0 saturated heterocycles. The number of nitrogens with zero attached hydrogens (tertiary/aromatic N) is 4. The number of hydrogen-bond donors (Lipinski definition) is 1. The first kappa shape index (κ1) is 18.7. The minimum atomic E-state index is -0.501. The molecular formula is C17H25ClN4O2. The molecule has 6 nitrogen and oxygen atoms in total. The quantitative estimate of drug-likeness (QED) is 0.581. The fourth-order valence-corrected chi connectivity index (χ4v) is 2.68. The maximum atomic E-state index is 10.6. The molecule has 0 saturated carbocycles. The highest BCUT2D eigenvalue weighted by Gasteiger charge is 2.31. The maximum Gasteiger partial charge on any atom is 0.137 e. The van der Waals surface area contributed by atoms with Crippen molar-refractivity contribution in [1.82, 2.24) is 19.7 Å². The SMILES string of the molecule is CC(C)(C)C(O)C(CCCCOc1ccnc(Cl)c1)n1cncn1. The zero-order valence-electron chi connectivity index (χ0n) is 14.4. The van der Waals surface area contributed by atoms with E-state index in [-0.39, 0.29) is 11.5 Å². The Hall–Kier alpha value is -1.66. The Morgan fingerprint density at radius 3 is 2.75 bits per heavy atom. The van der Waals surface area contributed by atoms with Crippen molar-refractivity contribution in [1.29, 1.82) is 0 Å². The van der Waals surface area contributed by atoms with E-state index in [1.165, 1.54) is 6.33 Å². The molecule has 24 heavy (non-hydrogen) atoms. The van der Waals surface area contributed by atoms with E-state index >= 15 is 0 Å². The van der Waals surface area contributed by atoms with E-state index in [4.69, 9.17) is 16.3 Å². The Morgan fingerprint density at radius 2 is 2.12 bits per heavy atom. The van der Waals surface area contributed by atoms with E-state index in [1.54, 1.807) is 29.3 Å². The molecule has 0 spiro atoms. The summed E-state index contributed by atoms with van der Waals surface area (Å²) in [5, 5.41) is 15.3. The average Bonchev–Trinajstić information content (AvgIpc) is 3.03. The lowest BCUT2D eigenvalue weighted by Crippen LogP contribution is -2.35. The van der Waals surface area contributed by atoms with Crippen molar-refractivity contribution in [3.05, 3.63) is 36.1 Å². The Bertz CT molecular complexity index is 613. The Morgan fingerprint density at radius 1 is 1.33 bits per heavy atom. The van der Waals surface area contributed by atoms with Gasteiger partial charge < -0.3 is 9.84 Å². The van der Waals surface area contributed by atoms with Crippen molar-refractivity contribution in [2.75, 3.05) is 6.61 Å². The number of ether oxygens (including phenoxy) is 1. The first-order valence-corrected chi connectivity index (χ1v) is 8.52. The molecule has 0 bridgehead atoms. The summed E-state index contributed by atoms with van der Waals surface area (Å²) >= 11 is 5.83. The third-order valence-electron chi connectivity index (χ3n) is 3.89. The standard InChI is InChI=1S/C17H25ClN4O2/c1-17(2,3)16(23)14(22-12-19-11-21-22)6-4-5-9-24-13-7-8-20-15(18)10-13/h7-8,10-12,14,16,23H,4-6,9H2,1-3H3. The summed E-state index contributed by atoms with van der Waals surface area (Å²) in [5.74, 6) is 0.720. The van der Waals surface area contributed by atoms with Crippen molar-refractivity contribution >= 4 is 11.6 Å². The monoisotopic (exact) mass is 352 g/mol. The lowest BCUT2D eigenvalue weighted by molar-refractivity contribution is 0.00823. The third-order valence-corrected chi connectivity index (χ3v) is 4.10. The molecular weight excluding hydrogens is 328 g/mol. The van der Waals surface area contributed by atoms with Crippen LogP contribution in [0.2, 0.25) is 5.15 Å². The fourth-order valence-electron chi connectivity index (χ4n) is 2.52. The number of hydrogen-bond acceptors (Lipinski definition) is 5. The molecule has 1 N–H and O–H groups in total. The second-order valence-corrected chi connectivity index (χ2v) is 7.30. The van der Waals surface area contributed by atoms with Gasteiger partial charge in [0.25, 0.3) is 0 Å². The Balaban J connectivity index is 1.83. The van der Waals surface area contributed by atoms with Crippen LogP contribution in [0.25, 0.3) is 0 Å². The van der Waals surface area contributed by atoms with Crippen LogP contribution in [0, 0.1) is 5.41 Å². The Kier molecular flexibility index (Phi) is 6.57. The van der Waals surface area contributed by atoms with Crippen molar-refractivity contribution in [3.63, 3.8) is 0 Å². The number of aliphatic hydroxyl groups excluding tert-OH is 1. The van der Waals surface area contributed by atoms with Crippen LogP contribution in [-0.2, 0) is 0 Å². The number of rotatable bonds is 8. The molecule has 2 heterocycles. The second-order valence-electron chi connectivity index (χ2n) is 6.91. The van der Waals surface area contributed by atoms with Gasteiger partial charge in [-0.1, -0.05) is 32.4 Å². The summed E-state index contributed by atoms with van der Waals surface area (Å²) in [6.07, 6.45) is 6.88. The predicted octanol–water partition coefficient (Wildman–Crippen LogP) is 3.52. The van der Waals surface area contributed by atoms with Gasteiger partial charge in [0.2, 0.25) is 0 Å². The largest absolute Gasteiger partial charge is 0.493 e. The van der Waals surface area contributed by atoms with Crippen LogP contribution >= 0.6 is 11.6 Å². The highest BCUT2D eigenvalue weighted by Crippen LogP contribution is 2.31. The van der Waals surface area contributed by atoms with E-state index in [1.807, 2.05) is 20.8 Å². The minimum Gasteiger partial charge on any atom is -0.493 e. The van der Waals surface area contributed by atoms with Crippen LogP contribution < -0.4 is 4.74 Å². The molecule has 7 heteroatoms. The number of aliphatic hydroxyl groups is 1. The van der Waals surface area contributed by atoms with Gasteiger partial charge >= 0.3 is 0 Å². The van der Waals surface area contributed by atoms with Gasteiger partial charge in [-0.15, -0.1) is 0 Å². The van der Waals surface area contributed by atoms with E-state index in [0.717, 1.165) is 25.0 Å². The summed E-state index contributed by atoms with van der Waals surface area (Å²) in [7, 11) is 0. The first-order valence-electron chi connectivity index (χ1n) is 8.14. The molecule has 0 fully saturated rings. The first-order chi connectivity index (χ1) is 11.4. The van der Waals surface area contributed by atoms with Crippen molar-refractivity contribution < 1.29 is 9.84 Å². The van der Waals surface area contributed by atoms with Gasteiger partial charge in [0.05, 0.1) is 18.8 Å². The highest BCUT2D eigenvalue weighted by molar-refractivity contribution is 6.29. The molecule has 2 aromatic rings. The van der Waals surface area contributed by atoms with E-state index in [0.29, 0.717) is 11.8 Å². The van der Waals surface area contributed by atoms with Gasteiger partial charge in [0.15, 0.2) is 0 Å². The minimum absolute atomic E-state index is 0.0946. The number of pyridine rings is 1. The fraction of sp³-hybridized carbons (Fsp3) is 0.588. The zero-order valence-corrected chi connectivity index (χ0v) is 15.1. The topological polar surface area (TPSA) is 73.1 Å². The van der Waals surface area contributed by atoms with Gasteiger partial charge in [-0.25, -0.2) is 14.6 Å². The van der Waals surface area contributed by atoms with Gasteiger partial charge in [-0.2, -0.15) is 5.10 Å². The summed E-state index contributed by atoms with van der Waals surface area (Å²) < 4.78 is 7.41. The lowest BCUT2D eigenvalue weighted by Gasteiger charge is -2.33. The van der Waals surface area contributed by atoms with Crippen LogP contribution in [0.5, 0.6) is 5.75 Å². The van der Waals surface area contributed by atoms with E-state index in [9.17, 15) is 5.11 Å². The molecule has 0 aliphatic heterocycles. The molecule has 2 unspecified atom stereocenters. The average molecular weight is 353 g/mol. The van der Waals surface area contributed by atoms with Crippen LogP contribution in [0.15, 0.2) is 31.0 Å². The predicted molar refractivity (Wildman–Crippen MR) is 93.1 cm³/mol. The van der Waals surface area contributed by atoms with E-state index < -0.39 is 6.10 Å². The van der Waals surface area contributed by atoms with Crippen LogP contribution in [0.1, 0.15) is 46.1 Å². The number of unbranched alkanes of at least 4 members (excludes halogenated alkanes) is 1. The molecule has 0 radical (unpaired) electrons. The third kappa shape index (κ3) is 5.46. The smallest absolute Gasteiger partial charge is 0.137 e. The van der Waals surface area contributed by atoms with Gasteiger partial charge in [0.1, 0.15) is 23.6 Å². The summed E-state index contributed by atoms with van der Waals surface area (Å²) in [4.78, 5) is 7.92. The van der Waals surface area contributed by atoms with Crippen molar-refractivity contribution in [3.8, 4) is 5.75 Å². The molecule has 2 rings (SSSR count). The summed E-state index contributed by atoms with van der Waals surface area (Å²) in [6.45, 7) is 6.67.